The van der Waals surface area contributed by atoms with Crippen molar-refractivity contribution in [1.29, 1.82) is 0 Å². The highest BCUT2D eigenvalue weighted by molar-refractivity contribution is 5.97. The van der Waals surface area contributed by atoms with E-state index in [2.05, 4.69) is 10.6 Å². The van der Waals surface area contributed by atoms with E-state index in [1.165, 1.54) is 26.4 Å². The molecule has 0 saturated carbocycles. The number of halogens is 2. The number of nitrogens with one attached hydrogen (secondary N) is 2. The molecule has 2 aromatic carbocycles. The molecule has 0 fully saturated rings. The van der Waals surface area contributed by atoms with Crippen LogP contribution < -0.4 is 20.1 Å². The molecule has 8 heteroatoms. The Balaban J connectivity index is 1.92. The van der Waals surface area contributed by atoms with Crippen molar-refractivity contribution >= 4 is 11.8 Å². The Morgan fingerprint density at radius 3 is 2.33 bits per heavy atom. The molecule has 0 heterocycles. The smallest absolute Gasteiger partial charge is 0.251 e. The van der Waals surface area contributed by atoms with Gasteiger partial charge >= 0.3 is 0 Å². The van der Waals surface area contributed by atoms with Gasteiger partial charge in [-0.05, 0) is 42.8 Å². The van der Waals surface area contributed by atoms with Crippen molar-refractivity contribution in [3.8, 4) is 11.5 Å². The van der Waals surface area contributed by atoms with Crippen molar-refractivity contribution in [2.45, 2.75) is 13.0 Å². The summed E-state index contributed by atoms with van der Waals surface area (Å²) in [5, 5.41) is 5.09. The zero-order valence-corrected chi connectivity index (χ0v) is 15.1. The lowest BCUT2D eigenvalue weighted by atomic mass is 10.1. The maximum absolute atomic E-state index is 13.3. The minimum atomic E-state index is -0.990. The van der Waals surface area contributed by atoms with Crippen molar-refractivity contribution in [3.05, 3.63) is 59.2 Å². The van der Waals surface area contributed by atoms with Crippen LogP contribution in [-0.4, -0.2) is 32.6 Å². The highest BCUT2D eigenvalue weighted by Gasteiger charge is 2.14. The number of methoxy groups -OCH3 is 2. The number of ether oxygens (including phenoxy) is 2. The normalized spacial score (nSPS) is 11.4. The molecule has 2 rings (SSSR count). The van der Waals surface area contributed by atoms with E-state index in [4.69, 9.17) is 9.47 Å². The zero-order chi connectivity index (χ0) is 20.0. The summed E-state index contributed by atoms with van der Waals surface area (Å²) < 4.78 is 36.5. The molecule has 0 aliphatic carbocycles. The highest BCUT2D eigenvalue weighted by atomic mass is 19.2. The third-order valence-electron chi connectivity index (χ3n) is 3.88. The van der Waals surface area contributed by atoms with E-state index in [0.29, 0.717) is 22.6 Å². The molecular formula is C19H20F2N2O4. The summed E-state index contributed by atoms with van der Waals surface area (Å²) in [6, 6.07) is 7.46. The van der Waals surface area contributed by atoms with E-state index >= 15 is 0 Å². The predicted molar refractivity (Wildman–Crippen MR) is 94.8 cm³/mol. The van der Waals surface area contributed by atoms with E-state index in [1.807, 2.05) is 0 Å². The van der Waals surface area contributed by atoms with Gasteiger partial charge in [0.05, 0.1) is 26.8 Å². The minimum absolute atomic E-state index is 0.277. The molecule has 0 aromatic heterocycles. The first-order chi connectivity index (χ1) is 12.8. The van der Waals surface area contributed by atoms with Crippen LogP contribution in [0.4, 0.5) is 8.78 Å². The summed E-state index contributed by atoms with van der Waals surface area (Å²) in [5.41, 5.74) is 0.711. The molecule has 1 unspecified atom stereocenters. The second-order valence-corrected chi connectivity index (χ2v) is 5.72. The van der Waals surface area contributed by atoms with Gasteiger partial charge in [-0.1, -0.05) is 6.07 Å². The standard InChI is InChI=1S/C19H20F2N2O4/c1-11(12-4-6-14(20)15(21)8-12)23-18(24)10-22-19(25)13-5-7-16(26-2)17(9-13)27-3/h4-9,11H,10H2,1-3H3,(H,22,25)(H,23,24). The fourth-order valence-electron chi connectivity index (χ4n) is 2.40. The van der Waals surface area contributed by atoms with E-state index in [9.17, 15) is 18.4 Å². The van der Waals surface area contributed by atoms with Gasteiger partial charge in [0.1, 0.15) is 0 Å². The fraction of sp³-hybridized carbons (Fsp3) is 0.263. The third kappa shape index (κ3) is 5.16. The Bertz CT molecular complexity index is 842. The van der Waals surface area contributed by atoms with Crippen LogP contribution in [0.25, 0.3) is 0 Å². The van der Waals surface area contributed by atoms with E-state index in [1.54, 1.807) is 19.1 Å². The average molecular weight is 378 g/mol. The van der Waals surface area contributed by atoms with Gasteiger partial charge in [0.25, 0.3) is 5.91 Å². The first kappa shape index (κ1) is 20.2. The maximum atomic E-state index is 13.3. The van der Waals surface area contributed by atoms with Gasteiger partial charge in [-0.2, -0.15) is 0 Å². The van der Waals surface area contributed by atoms with Crippen LogP contribution in [0.5, 0.6) is 11.5 Å². The molecule has 0 aliphatic rings. The maximum Gasteiger partial charge on any atom is 0.251 e. The molecule has 144 valence electrons. The molecule has 0 saturated heterocycles. The molecule has 0 bridgehead atoms. The molecule has 1 atom stereocenters. The molecule has 27 heavy (non-hydrogen) atoms. The number of carbonyl (C=O) groups is 2. The Kier molecular flexibility index (Phi) is 6.70. The lowest BCUT2D eigenvalue weighted by molar-refractivity contribution is -0.120. The van der Waals surface area contributed by atoms with Gasteiger partial charge in [-0.25, -0.2) is 8.78 Å². The predicted octanol–water partition coefficient (Wildman–Crippen LogP) is 2.59. The summed E-state index contributed by atoms with van der Waals surface area (Å²) in [7, 11) is 2.93. The van der Waals surface area contributed by atoms with Gasteiger partial charge in [-0.3, -0.25) is 9.59 Å². The molecule has 2 N–H and O–H groups in total. The molecular weight excluding hydrogens is 358 g/mol. The number of hydrogen-bond acceptors (Lipinski definition) is 4. The lowest BCUT2D eigenvalue weighted by Crippen LogP contribution is -2.38. The van der Waals surface area contributed by atoms with Crippen molar-refractivity contribution < 1.29 is 27.8 Å². The molecule has 0 radical (unpaired) electrons. The topological polar surface area (TPSA) is 76.7 Å². The van der Waals surface area contributed by atoms with Crippen molar-refractivity contribution in [2.24, 2.45) is 0 Å². The molecule has 6 nitrogen and oxygen atoms in total. The van der Waals surface area contributed by atoms with Gasteiger partial charge in [0.2, 0.25) is 5.91 Å². The first-order valence-corrected chi connectivity index (χ1v) is 8.10. The number of amides is 2. The van der Waals surface area contributed by atoms with E-state index in [-0.39, 0.29) is 6.54 Å². The van der Waals surface area contributed by atoms with E-state index < -0.39 is 29.5 Å². The molecule has 2 amide bonds. The second-order valence-electron chi connectivity index (χ2n) is 5.72. The Labute approximate surface area is 155 Å². The quantitative estimate of drug-likeness (QED) is 0.777. The Hall–Kier alpha value is -3.16. The van der Waals surface area contributed by atoms with Gasteiger partial charge in [-0.15, -0.1) is 0 Å². The third-order valence-corrected chi connectivity index (χ3v) is 3.88. The molecule has 2 aromatic rings. The average Bonchev–Trinajstić information content (AvgIpc) is 2.67. The lowest BCUT2D eigenvalue weighted by Gasteiger charge is -2.15. The van der Waals surface area contributed by atoms with E-state index in [0.717, 1.165) is 12.1 Å². The summed E-state index contributed by atoms with van der Waals surface area (Å²) >= 11 is 0. The summed E-state index contributed by atoms with van der Waals surface area (Å²) in [5.74, 6) is -2.02. The van der Waals surface area contributed by atoms with Crippen LogP contribution >= 0.6 is 0 Å². The van der Waals surface area contributed by atoms with Crippen molar-refractivity contribution in [2.75, 3.05) is 20.8 Å². The van der Waals surface area contributed by atoms with Crippen molar-refractivity contribution in [1.82, 2.24) is 10.6 Å². The Morgan fingerprint density at radius 2 is 1.70 bits per heavy atom. The largest absolute Gasteiger partial charge is 0.493 e. The first-order valence-electron chi connectivity index (χ1n) is 8.10. The number of benzene rings is 2. The van der Waals surface area contributed by atoms with Crippen LogP contribution in [0.1, 0.15) is 28.9 Å². The van der Waals surface area contributed by atoms with Crippen LogP contribution in [0, 0.1) is 11.6 Å². The number of rotatable bonds is 7. The Morgan fingerprint density at radius 1 is 1.00 bits per heavy atom. The summed E-state index contributed by atoms with van der Waals surface area (Å²) in [6.07, 6.45) is 0. The SMILES string of the molecule is COc1ccc(C(=O)NCC(=O)NC(C)c2ccc(F)c(F)c2)cc1OC. The van der Waals surface area contributed by atoms with Crippen LogP contribution in [-0.2, 0) is 4.79 Å². The fourth-order valence-corrected chi connectivity index (χ4v) is 2.40. The number of hydrogen-bond donors (Lipinski definition) is 2. The van der Waals surface area contributed by atoms with Crippen LogP contribution in [0.15, 0.2) is 36.4 Å². The number of carbonyl (C=O) groups excluding carboxylic acids is 2. The van der Waals surface area contributed by atoms with Crippen molar-refractivity contribution in [3.63, 3.8) is 0 Å². The summed E-state index contributed by atoms with van der Waals surface area (Å²) in [6.45, 7) is 1.35. The molecule has 0 spiro atoms. The molecule has 0 aliphatic heterocycles. The van der Waals surface area contributed by atoms with Gasteiger partial charge in [0.15, 0.2) is 23.1 Å². The highest BCUT2D eigenvalue weighted by Crippen LogP contribution is 2.27. The minimum Gasteiger partial charge on any atom is -0.493 e. The summed E-state index contributed by atoms with van der Waals surface area (Å²) in [4.78, 5) is 24.2. The monoisotopic (exact) mass is 378 g/mol. The second kappa shape index (κ2) is 8.98. The van der Waals surface area contributed by atoms with Crippen LogP contribution in [0.2, 0.25) is 0 Å². The van der Waals surface area contributed by atoms with Gasteiger partial charge in [0, 0.05) is 5.56 Å². The zero-order valence-electron chi connectivity index (χ0n) is 15.1. The van der Waals surface area contributed by atoms with Crippen LogP contribution in [0.3, 0.4) is 0 Å². The van der Waals surface area contributed by atoms with Gasteiger partial charge < -0.3 is 20.1 Å².